The minimum atomic E-state index is -0.876. The standard InChI is InChI=1S/C20H18FN3O3/c1-13(20(26)22-16-5-3-4-15(21)12-16)24-19(25)11-10-18(23-24)14-6-8-17(27-2)9-7-14/h3-13H,1-2H3,(H,22,26). The number of hydrogen-bond acceptors (Lipinski definition) is 4. The van der Waals surface area contributed by atoms with E-state index in [1.165, 1.54) is 24.3 Å². The number of ether oxygens (including phenoxy) is 1. The molecule has 0 aliphatic carbocycles. The first-order chi connectivity index (χ1) is 13.0. The maximum atomic E-state index is 13.3. The molecule has 1 unspecified atom stereocenters. The van der Waals surface area contributed by atoms with Gasteiger partial charge in [-0.3, -0.25) is 9.59 Å². The molecule has 1 atom stereocenters. The van der Waals surface area contributed by atoms with Gasteiger partial charge < -0.3 is 10.1 Å². The molecule has 0 bridgehead atoms. The second-order valence-corrected chi connectivity index (χ2v) is 5.91. The zero-order chi connectivity index (χ0) is 19.4. The van der Waals surface area contributed by atoms with Crippen LogP contribution in [0.2, 0.25) is 0 Å². The largest absolute Gasteiger partial charge is 0.497 e. The Kier molecular flexibility index (Phi) is 5.30. The number of aromatic nitrogens is 2. The van der Waals surface area contributed by atoms with E-state index in [2.05, 4.69) is 10.4 Å². The third-order valence-corrected chi connectivity index (χ3v) is 4.05. The molecule has 6 nitrogen and oxygen atoms in total. The highest BCUT2D eigenvalue weighted by atomic mass is 19.1. The van der Waals surface area contributed by atoms with Gasteiger partial charge in [-0.2, -0.15) is 5.10 Å². The molecule has 7 heteroatoms. The molecule has 0 radical (unpaired) electrons. The average molecular weight is 367 g/mol. The van der Waals surface area contributed by atoms with Crippen LogP contribution in [0.3, 0.4) is 0 Å². The van der Waals surface area contributed by atoms with Gasteiger partial charge in [0.1, 0.15) is 17.6 Å². The van der Waals surface area contributed by atoms with Crippen LogP contribution in [0.15, 0.2) is 65.5 Å². The molecule has 0 fully saturated rings. The summed E-state index contributed by atoms with van der Waals surface area (Å²) in [5, 5.41) is 6.89. The number of nitrogens with one attached hydrogen (secondary N) is 1. The smallest absolute Gasteiger partial charge is 0.267 e. The molecule has 0 aliphatic rings. The number of methoxy groups -OCH3 is 1. The van der Waals surface area contributed by atoms with Crippen LogP contribution in [0.25, 0.3) is 11.3 Å². The summed E-state index contributed by atoms with van der Waals surface area (Å²) in [6, 6.07) is 14.8. The van der Waals surface area contributed by atoms with Gasteiger partial charge in [0, 0.05) is 17.3 Å². The maximum Gasteiger partial charge on any atom is 0.267 e. The first kappa shape index (κ1) is 18.3. The quantitative estimate of drug-likeness (QED) is 0.751. The normalized spacial score (nSPS) is 11.7. The molecular weight excluding hydrogens is 349 g/mol. The molecule has 27 heavy (non-hydrogen) atoms. The molecule has 2 aromatic carbocycles. The zero-order valence-corrected chi connectivity index (χ0v) is 14.8. The first-order valence-electron chi connectivity index (χ1n) is 8.28. The van der Waals surface area contributed by atoms with Crippen molar-refractivity contribution in [2.24, 2.45) is 0 Å². The Balaban J connectivity index is 1.86. The molecule has 0 spiro atoms. The Bertz CT molecular complexity index is 1020. The number of amides is 1. The van der Waals surface area contributed by atoms with Crippen molar-refractivity contribution in [1.82, 2.24) is 9.78 Å². The van der Waals surface area contributed by atoms with Crippen LogP contribution >= 0.6 is 0 Å². The second kappa shape index (κ2) is 7.82. The van der Waals surface area contributed by atoms with Gasteiger partial charge in [-0.25, -0.2) is 9.07 Å². The predicted molar refractivity (Wildman–Crippen MR) is 100 cm³/mol. The van der Waals surface area contributed by atoms with E-state index in [-0.39, 0.29) is 0 Å². The van der Waals surface area contributed by atoms with Gasteiger partial charge in [0.05, 0.1) is 12.8 Å². The summed E-state index contributed by atoms with van der Waals surface area (Å²) in [4.78, 5) is 24.7. The van der Waals surface area contributed by atoms with Crippen molar-refractivity contribution in [3.8, 4) is 17.0 Å². The zero-order valence-electron chi connectivity index (χ0n) is 14.8. The number of anilines is 1. The third kappa shape index (κ3) is 4.20. The molecule has 0 aliphatic heterocycles. The van der Waals surface area contributed by atoms with Crippen molar-refractivity contribution >= 4 is 11.6 Å². The fourth-order valence-corrected chi connectivity index (χ4v) is 2.54. The molecule has 1 amide bonds. The lowest BCUT2D eigenvalue weighted by molar-refractivity contribution is -0.119. The lowest BCUT2D eigenvalue weighted by Gasteiger charge is -2.15. The molecule has 1 N–H and O–H groups in total. The van der Waals surface area contributed by atoms with E-state index in [1.807, 2.05) is 12.1 Å². The van der Waals surface area contributed by atoms with Crippen LogP contribution < -0.4 is 15.6 Å². The van der Waals surface area contributed by atoms with E-state index in [4.69, 9.17) is 4.74 Å². The van der Waals surface area contributed by atoms with Gasteiger partial charge in [0.2, 0.25) is 5.91 Å². The molecule has 138 valence electrons. The van der Waals surface area contributed by atoms with Gasteiger partial charge >= 0.3 is 0 Å². The van der Waals surface area contributed by atoms with E-state index in [0.717, 1.165) is 10.2 Å². The summed E-state index contributed by atoms with van der Waals surface area (Å²) in [6.07, 6.45) is 0. The Morgan fingerprint density at radius 3 is 2.56 bits per heavy atom. The van der Waals surface area contributed by atoms with Gasteiger partial charge in [0.15, 0.2) is 0 Å². The topological polar surface area (TPSA) is 73.2 Å². The molecule has 0 saturated carbocycles. The summed E-state index contributed by atoms with van der Waals surface area (Å²) >= 11 is 0. The van der Waals surface area contributed by atoms with Gasteiger partial charge in [-0.15, -0.1) is 0 Å². The molecular formula is C20H18FN3O3. The van der Waals surface area contributed by atoms with E-state index in [1.54, 1.807) is 38.3 Å². The van der Waals surface area contributed by atoms with Gasteiger partial charge in [-0.1, -0.05) is 6.07 Å². The van der Waals surface area contributed by atoms with Crippen molar-refractivity contribution in [3.05, 3.63) is 76.8 Å². The Labute approximate surface area is 155 Å². The fraction of sp³-hybridized carbons (Fsp3) is 0.150. The lowest BCUT2D eigenvalue weighted by atomic mass is 10.1. The summed E-state index contributed by atoms with van der Waals surface area (Å²) in [5.41, 5.74) is 1.23. The Morgan fingerprint density at radius 2 is 1.89 bits per heavy atom. The SMILES string of the molecule is COc1ccc(-c2ccc(=O)n(C(C)C(=O)Nc3cccc(F)c3)n2)cc1. The fourth-order valence-electron chi connectivity index (χ4n) is 2.54. The van der Waals surface area contributed by atoms with E-state index < -0.39 is 23.3 Å². The maximum absolute atomic E-state index is 13.3. The Hall–Kier alpha value is -3.48. The van der Waals surface area contributed by atoms with Crippen LogP contribution in [0.4, 0.5) is 10.1 Å². The highest BCUT2D eigenvalue weighted by Crippen LogP contribution is 2.20. The van der Waals surface area contributed by atoms with Gasteiger partial charge in [-0.05, 0) is 55.5 Å². The molecule has 1 heterocycles. The van der Waals surface area contributed by atoms with Crippen LogP contribution in [0.1, 0.15) is 13.0 Å². The summed E-state index contributed by atoms with van der Waals surface area (Å²) < 4.78 is 19.5. The minimum absolute atomic E-state index is 0.311. The predicted octanol–water partition coefficient (Wildman–Crippen LogP) is 3.26. The number of carbonyl (C=O) groups is 1. The number of benzene rings is 2. The summed E-state index contributed by atoms with van der Waals surface area (Å²) in [5.74, 6) is -0.228. The van der Waals surface area contributed by atoms with Crippen molar-refractivity contribution in [2.45, 2.75) is 13.0 Å². The van der Waals surface area contributed by atoms with E-state index in [9.17, 15) is 14.0 Å². The van der Waals surface area contributed by atoms with E-state index in [0.29, 0.717) is 17.1 Å². The monoisotopic (exact) mass is 367 g/mol. The second-order valence-electron chi connectivity index (χ2n) is 5.91. The van der Waals surface area contributed by atoms with Crippen molar-refractivity contribution in [3.63, 3.8) is 0 Å². The number of hydrogen-bond donors (Lipinski definition) is 1. The van der Waals surface area contributed by atoms with E-state index >= 15 is 0 Å². The highest BCUT2D eigenvalue weighted by molar-refractivity contribution is 5.93. The van der Waals surface area contributed by atoms with Crippen molar-refractivity contribution in [1.29, 1.82) is 0 Å². The number of carbonyl (C=O) groups excluding carboxylic acids is 1. The molecule has 1 aromatic heterocycles. The minimum Gasteiger partial charge on any atom is -0.497 e. The lowest BCUT2D eigenvalue weighted by Crippen LogP contribution is -2.33. The van der Waals surface area contributed by atoms with Crippen molar-refractivity contribution in [2.75, 3.05) is 12.4 Å². The number of halogens is 1. The number of rotatable bonds is 5. The summed E-state index contributed by atoms with van der Waals surface area (Å²) in [6.45, 7) is 1.56. The highest BCUT2D eigenvalue weighted by Gasteiger charge is 2.18. The van der Waals surface area contributed by atoms with Crippen LogP contribution in [-0.2, 0) is 4.79 Å². The van der Waals surface area contributed by atoms with Crippen LogP contribution in [0, 0.1) is 5.82 Å². The summed E-state index contributed by atoms with van der Waals surface area (Å²) in [7, 11) is 1.58. The molecule has 0 saturated heterocycles. The van der Waals surface area contributed by atoms with Crippen LogP contribution in [-0.4, -0.2) is 22.8 Å². The van der Waals surface area contributed by atoms with Crippen LogP contribution in [0.5, 0.6) is 5.75 Å². The molecule has 3 rings (SSSR count). The average Bonchev–Trinajstić information content (AvgIpc) is 2.68. The van der Waals surface area contributed by atoms with Crippen molar-refractivity contribution < 1.29 is 13.9 Å². The Morgan fingerprint density at radius 1 is 1.15 bits per heavy atom. The third-order valence-electron chi connectivity index (χ3n) is 4.05. The first-order valence-corrected chi connectivity index (χ1v) is 8.28. The molecule has 3 aromatic rings. The number of nitrogens with zero attached hydrogens (tertiary/aromatic N) is 2. The van der Waals surface area contributed by atoms with Gasteiger partial charge in [0.25, 0.3) is 5.56 Å².